The number of alkyl halides is 1. The summed E-state index contributed by atoms with van der Waals surface area (Å²) in [5, 5.41) is 9.48. The van der Waals surface area contributed by atoms with E-state index in [-0.39, 0.29) is 22.9 Å². The molecule has 3 aromatic heterocycles. The van der Waals surface area contributed by atoms with Gasteiger partial charge in [0.15, 0.2) is 17.3 Å². The van der Waals surface area contributed by atoms with Gasteiger partial charge < -0.3 is 15.5 Å². The van der Waals surface area contributed by atoms with Crippen LogP contribution in [0.4, 0.5) is 20.3 Å². The van der Waals surface area contributed by atoms with E-state index in [0.717, 1.165) is 0 Å². The minimum absolute atomic E-state index is 0.124. The van der Waals surface area contributed by atoms with E-state index >= 15 is 0 Å². The van der Waals surface area contributed by atoms with Crippen LogP contribution in [0.15, 0.2) is 24.8 Å². The van der Waals surface area contributed by atoms with Gasteiger partial charge in [0.05, 0.1) is 46.4 Å². The van der Waals surface area contributed by atoms with Crippen molar-refractivity contribution in [3.05, 3.63) is 35.6 Å². The van der Waals surface area contributed by atoms with Gasteiger partial charge >= 0.3 is 0 Å². The topological polar surface area (TPSA) is 114 Å². The molecule has 0 saturated heterocycles. The molecule has 2 atom stereocenters. The third-order valence-corrected chi connectivity index (χ3v) is 5.08. The zero-order valence-corrected chi connectivity index (χ0v) is 14.8. The number of nitrogens with zero attached hydrogens (tertiary/aromatic N) is 4. The maximum atomic E-state index is 14.4. The van der Waals surface area contributed by atoms with E-state index in [9.17, 15) is 13.6 Å². The van der Waals surface area contributed by atoms with Gasteiger partial charge in [0.25, 0.3) is 0 Å². The number of nitrogens with two attached hydrogens (primary N) is 1. The Morgan fingerprint density at radius 1 is 1.39 bits per heavy atom. The largest absolute Gasteiger partial charge is 0.395 e. The van der Waals surface area contributed by atoms with Crippen LogP contribution < -0.4 is 11.1 Å². The van der Waals surface area contributed by atoms with Gasteiger partial charge in [-0.25, -0.2) is 13.8 Å². The zero-order valence-electron chi connectivity index (χ0n) is 14.1. The Hall–Kier alpha value is -3.27. The molecule has 0 bridgehead atoms. The number of H-pyrrole nitrogens is 1. The molecule has 1 fully saturated rings. The third-order valence-electron chi connectivity index (χ3n) is 4.72. The molecule has 1 aliphatic rings. The number of benzene rings is 1. The van der Waals surface area contributed by atoms with Gasteiger partial charge in [-0.05, 0) is 6.42 Å². The second-order valence-corrected chi connectivity index (χ2v) is 6.96. The van der Waals surface area contributed by atoms with E-state index in [1.807, 2.05) is 0 Å². The van der Waals surface area contributed by atoms with E-state index < -0.39 is 23.8 Å². The summed E-state index contributed by atoms with van der Waals surface area (Å²) in [6, 6.07) is 0. The Morgan fingerprint density at radius 3 is 2.93 bits per heavy atom. The van der Waals surface area contributed by atoms with E-state index in [0.29, 0.717) is 27.8 Å². The van der Waals surface area contributed by atoms with Crippen LogP contribution in [-0.4, -0.2) is 36.6 Å². The van der Waals surface area contributed by atoms with Crippen LogP contribution in [0.5, 0.6) is 0 Å². The number of hydrogen-bond acceptors (Lipinski definition) is 5. The minimum atomic E-state index is -1.09. The van der Waals surface area contributed by atoms with Crippen LogP contribution in [0.3, 0.4) is 0 Å². The molecule has 3 heterocycles. The summed E-state index contributed by atoms with van der Waals surface area (Å²) in [4.78, 5) is 20.4. The number of halogens is 3. The van der Waals surface area contributed by atoms with E-state index in [2.05, 4.69) is 25.5 Å². The number of anilines is 2. The van der Waals surface area contributed by atoms with Crippen molar-refractivity contribution in [1.29, 1.82) is 0 Å². The molecule has 0 spiro atoms. The summed E-state index contributed by atoms with van der Waals surface area (Å²) in [7, 11) is 0. The number of amides is 1. The Kier molecular flexibility index (Phi) is 3.53. The first kappa shape index (κ1) is 16.9. The Morgan fingerprint density at radius 2 is 2.18 bits per heavy atom. The van der Waals surface area contributed by atoms with Gasteiger partial charge in [0.2, 0.25) is 5.91 Å². The molecule has 0 aliphatic heterocycles. The lowest BCUT2D eigenvalue weighted by Crippen LogP contribution is -2.15. The maximum absolute atomic E-state index is 14.4. The summed E-state index contributed by atoms with van der Waals surface area (Å²) in [5.41, 5.74) is 7.10. The lowest BCUT2D eigenvalue weighted by Gasteiger charge is -2.09. The van der Waals surface area contributed by atoms with Crippen LogP contribution in [0.1, 0.15) is 6.42 Å². The molecule has 28 heavy (non-hydrogen) atoms. The van der Waals surface area contributed by atoms with Crippen LogP contribution in [0, 0.1) is 11.7 Å². The predicted molar refractivity (Wildman–Crippen MR) is 99.1 cm³/mol. The minimum Gasteiger partial charge on any atom is -0.395 e. The van der Waals surface area contributed by atoms with Crippen molar-refractivity contribution < 1.29 is 13.6 Å². The highest BCUT2D eigenvalue weighted by Crippen LogP contribution is 2.39. The second-order valence-electron chi connectivity index (χ2n) is 6.59. The van der Waals surface area contributed by atoms with Gasteiger partial charge in [-0.15, -0.1) is 0 Å². The number of nitrogen functional groups attached to an aromatic ring is 1. The standard InChI is InChI=1S/C17H12ClF2N7O/c18-13-12(7-2-23-26-16(7)15(21)14(13)20)9-4-27-5-10(24-11(27)3-22-9)25-17(28)6-1-8(6)19/h2-6,8H,1,21H2,(H,23,26)(H,25,28). The summed E-state index contributed by atoms with van der Waals surface area (Å²) in [6.07, 6.45) is 5.23. The highest BCUT2D eigenvalue weighted by atomic mass is 35.5. The lowest BCUT2D eigenvalue weighted by molar-refractivity contribution is -0.117. The molecule has 11 heteroatoms. The average Bonchev–Trinajstić information content (AvgIpc) is 3.06. The first-order chi connectivity index (χ1) is 13.4. The van der Waals surface area contributed by atoms with Gasteiger partial charge in [-0.2, -0.15) is 5.10 Å². The van der Waals surface area contributed by atoms with E-state index in [1.165, 1.54) is 12.4 Å². The third kappa shape index (κ3) is 2.48. The molecule has 4 N–H and O–H groups in total. The number of aromatic nitrogens is 5. The maximum Gasteiger partial charge on any atom is 0.231 e. The number of carbonyl (C=O) groups is 1. The highest BCUT2D eigenvalue weighted by Gasteiger charge is 2.43. The molecular formula is C17H12ClF2N7O. The van der Waals surface area contributed by atoms with Crippen LogP contribution in [-0.2, 0) is 4.79 Å². The Balaban J connectivity index is 1.58. The molecular weight excluding hydrogens is 392 g/mol. The van der Waals surface area contributed by atoms with E-state index in [1.54, 1.807) is 16.8 Å². The molecule has 0 radical (unpaired) electrons. The number of nitrogens with one attached hydrogen (secondary N) is 2. The first-order valence-electron chi connectivity index (χ1n) is 8.33. The predicted octanol–water partition coefficient (Wildman–Crippen LogP) is 2.94. The number of rotatable bonds is 3. The first-order valence-corrected chi connectivity index (χ1v) is 8.71. The van der Waals surface area contributed by atoms with Gasteiger partial charge in [-0.3, -0.25) is 14.9 Å². The smallest absolute Gasteiger partial charge is 0.231 e. The number of imidazole rings is 1. The molecule has 5 rings (SSSR count). The number of aromatic amines is 1. The molecule has 4 aromatic rings. The van der Waals surface area contributed by atoms with Gasteiger partial charge in [0.1, 0.15) is 6.17 Å². The summed E-state index contributed by atoms with van der Waals surface area (Å²) in [5.74, 6) is -1.53. The number of hydrogen-bond donors (Lipinski definition) is 3. The van der Waals surface area contributed by atoms with Crippen molar-refractivity contribution in [2.45, 2.75) is 12.6 Å². The van der Waals surface area contributed by atoms with E-state index in [4.69, 9.17) is 17.3 Å². The van der Waals surface area contributed by atoms with Crippen molar-refractivity contribution >= 4 is 45.6 Å². The molecule has 1 aromatic carbocycles. The SMILES string of the molecule is Nc1c(F)c(Cl)c(-c2cn3cc(NC(=O)C4CC4F)nc3cn2)c2cn[nH]c12. The molecule has 8 nitrogen and oxygen atoms in total. The van der Waals surface area contributed by atoms with Gasteiger partial charge in [0, 0.05) is 17.1 Å². The van der Waals surface area contributed by atoms with Crippen molar-refractivity contribution in [3.8, 4) is 11.3 Å². The van der Waals surface area contributed by atoms with Crippen LogP contribution >= 0.6 is 11.6 Å². The number of carbonyl (C=O) groups excluding carboxylic acids is 1. The van der Waals surface area contributed by atoms with Gasteiger partial charge in [-0.1, -0.05) is 11.6 Å². The summed E-state index contributed by atoms with van der Waals surface area (Å²) >= 11 is 6.20. The Labute approximate surface area is 160 Å². The fourth-order valence-electron chi connectivity index (χ4n) is 3.13. The summed E-state index contributed by atoms with van der Waals surface area (Å²) < 4.78 is 29.1. The van der Waals surface area contributed by atoms with Crippen LogP contribution in [0.25, 0.3) is 27.8 Å². The van der Waals surface area contributed by atoms with Crippen molar-refractivity contribution in [1.82, 2.24) is 24.6 Å². The van der Waals surface area contributed by atoms with Crippen molar-refractivity contribution in [2.75, 3.05) is 11.1 Å². The van der Waals surface area contributed by atoms with Crippen molar-refractivity contribution in [2.24, 2.45) is 5.92 Å². The molecule has 142 valence electrons. The molecule has 1 aliphatic carbocycles. The zero-order chi connectivity index (χ0) is 19.6. The quantitative estimate of drug-likeness (QED) is 0.455. The van der Waals surface area contributed by atoms with Crippen molar-refractivity contribution in [3.63, 3.8) is 0 Å². The average molecular weight is 404 g/mol. The lowest BCUT2D eigenvalue weighted by atomic mass is 10.1. The second kappa shape index (κ2) is 5.86. The molecule has 1 saturated carbocycles. The van der Waals surface area contributed by atoms with Crippen LogP contribution in [0.2, 0.25) is 5.02 Å². The fraction of sp³-hybridized carbons (Fsp3) is 0.176. The normalized spacial score (nSPS) is 18.7. The fourth-order valence-corrected chi connectivity index (χ4v) is 3.43. The number of fused-ring (bicyclic) bond motifs is 2. The summed E-state index contributed by atoms with van der Waals surface area (Å²) in [6.45, 7) is 0. The Bertz CT molecular complexity index is 1270. The molecule has 1 amide bonds. The highest BCUT2D eigenvalue weighted by molar-refractivity contribution is 6.35. The molecule has 2 unspecified atom stereocenters. The monoisotopic (exact) mass is 403 g/mol.